The van der Waals surface area contributed by atoms with E-state index in [1.54, 1.807) is 32.4 Å². The number of nitrogens with zero attached hydrogens (tertiary/aromatic N) is 1. The van der Waals surface area contributed by atoms with Gasteiger partial charge in [0.2, 0.25) is 0 Å². The molecule has 0 aromatic heterocycles. The summed E-state index contributed by atoms with van der Waals surface area (Å²) in [4.78, 5) is 14.9. The maximum atomic E-state index is 12.6. The number of methoxy groups -OCH3 is 2. The number of carbonyl (C=O) groups is 1. The molecule has 0 radical (unpaired) electrons. The van der Waals surface area contributed by atoms with Crippen LogP contribution in [0.2, 0.25) is 0 Å². The van der Waals surface area contributed by atoms with E-state index in [9.17, 15) is 4.79 Å². The van der Waals surface area contributed by atoms with E-state index in [2.05, 4.69) is 48.3 Å². The summed E-state index contributed by atoms with van der Waals surface area (Å²) in [5.41, 5.74) is 7.93. The number of nitrogens with one attached hydrogen (secondary N) is 1. The molecule has 4 aromatic carbocycles. The fourth-order valence-electron chi connectivity index (χ4n) is 5.48. The van der Waals surface area contributed by atoms with Crippen LogP contribution >= 0.6 is 0 Å². The lowest BCUT2D eigenvalue weighted by Gasteiger charge is -2.33. The molecule has 0 aliphatic carbocycles. The lowest BCUT2D eigenvalue weighted by molar-refractivity contribution is 0.0734. The van der Waals surface area contributed by atoms with Crippen molar-refractivity contribution in [1.29, 1.82) is 0 Å². The minimum Gasteiger partial charge on any atom is -0.496 e. The largest absolute Gasteiger partial charge is 0.496 e. The number of hydrogen-bond donors (Lipinski definition) is 1. The van der Waals surface area contributed by atoms with Gasteiger partial charge in [-0.15, -0.1) is 0 Å². The smallest absolute Gasteiger partial charge is 0.343 e. The van der Waals surface area contributed by atoms with Gasteiger partial charge in [0.25, 0.3) is 0 Å². The fourth-order valence-corrected chi connectivity index (χ4v) is 5.48. The molecular formula is C33H30N2O4. The minimum atomic E-state index is -0.409. The first-order chi connectivity index (χ1) is 18.9. The Labute approximate surface area is 228 Å². The Morgan fingerprint density at radius 1 is 0.846 bits per heavy atom. The Hall–Kier alpha value is -4.71. The van der Waals surface area contributed by atoms with Gasteiger partial charge >= 0.3 is 5.97 Å². The number of esters is 1. The molecular weight excluding hydrogens is 488 g/mol. The third kappa shape index (κ3) is 4.38. The molecule has 0 spiro atoms. The summed E-state index contributed by atoms with van der Waals surface area (Å²) in [5.74, 6) is 1.48. The normalized spacial score (nSPS) is 14.7. The van der Waals surface area contributed by atoms with Crippen molar-refractivity contribution < 1.29 is 19.0 Å². The molecule has 39 heavy (non-hydrogen) atoms. The average molecular weight is 519 g/mol. The van der Waals surface area contributed by atoms with E-state index in [0.717, 1.165) is 33.9 Å². The summed E-state index contributed by atoms with van der Waals surface area (Å²) < 4.78 is 17.2. The lowest BCUT2D eigenvalue weighted by atomic mass is 9.89. The molecule has 0 atom stereocenters. The zero-order valence-electron chi connectivity index (χ0n) is 22.4. The highest BCUT2D eigenvalue weighted by Gasteiger charge is 2.37. The summed E-state index contributed by atoms with van der Waals surface area (Å²) in [6.45, 7) is 5.03. The van der Waals surface area contributed by atoms with Gasteiger partial charge in [-0.25, -0.2) is 4.79 Å². The molecule has 0 unspecified atom stereocenters. The summed E-state index contributed by atoms with van der Waals surface area (Å²) in [6.07, 6.45) is 2.28. The van der Waals surface area contributed by atoms with Crippen molar-refractivity contribution in [3.05, 3.63) is 108 Å². The van der Waals surface area contributed by atoms with Crippen molar-refractivity contribution in [1.82, 2.24) is 0 Å². The highest BCUT2D eigenvalue weighted by atomic mass is 16.5. The number of anilines is 2. The summed E-state index contributed by atoms with van der Waals surface area (Å²) in [7, 11) is 3.34. The summed E-state index contributed by atoms with van der Waals surface area (Å²) in [5, 5.41) is 3.68. The predicted molar refractivity (Wildman–Crippen MR) is 155 cm³/mol. The highest BCUT2D eigenvalue weighted by Crippen LogP contribution is 2.51. The second-order valence-electron chi connectivity index (χ2n) is 10.3. The number of ether oxygens (including phenoxy) is 3. The van der Waals surface area contributed by atoms with Crippen molar-refractivity contribution in [2.75, 3.05) is 24.4 Å². The number of para-hydroxylation sites is 2. The van der Waals surface area contributed by atoms with Gasteiger partial charge in [-0.1, -0.05) is 36.4 Å². The third-order valence-electron chi connectivity index (χ3n) is 7.19. The molecule has 4 aromatic rings. The molecule has 6 heteroatoms. The van der Waals surface area contributed by atoms with E-state index < -0.39 is 5.97 Å². The van der Waals surface area contributed by atoms with Gasteiger partial charge in [-0.2, -0.15) is 0 Å². The molecule has 0 saturated heterocycles. The number of rotatable bonds is 6. The Kier molecular flexibility index (Phi) is 6.03. The van der Waals surface area contributed by atoms with Gasteiger partial charge in [0.15, 0.2) is 0 Å². The van der Waals surface area contributed by atoms with Gasteiger partial charge < -0.3 is 24.4 Å². The highest BCUT2D eigenvalue weighted by molar-refractivity contribution is 5.98. The number of carbonyl (C=O) groups excluding carboxylic acids is 1. The van der Waals surface area contributed by atoms with Crippen molar-refractivity contribution in [3.63, 3.8) is 0 Å². The quantitative estimate of drug-likeness (QED) is 0.216. The van der Waals surface area contributed by atoms with Crippen molar-refractivity contribution in [2.24, 2.45) is 0 Å². The van der Waals surface area contributed by atoms with Gasteiger partial charge in [-0.3, -0.25) is 0 Å². The summed E-state index contributed by atoms with van der Waals surface area (Å²) >= 11 is 0. The molecule has 0 amide bonds. The minimum absolute atomic E-state index is 0.215. The van der Waals surface area contributed by atoms with Crippen molar-refractivity contribution in [3.8, 4) is 28.4 Å². The van der Waals surface area contributed by atoms with E-state index in [-0.39, 0.29) is 5.54 Å². The van der Waals surface area contributed by atoms with Gasteiger partial charge in [0, 0.05) is 35.1 Å². The van der Waals surface area contributed by atoms with Crippen LogP contribution in [0.25, 0.3) is 16.8 Å². The monoisotopic (exact) mass is 518 g/mol. The zero-order chi connectivity index (χ0) is 27.1. The molecule has 0 bridgehead atoms. The second kappa shape index (κ2) is 9.55. The number of hydrogen-bond acceptors (Lipinski definition) is 6. The molecule has 0 fully saturated rings. The summed E-state index contributed by atoms with van der Waals surface area (Å²) in [6, 6.07) is 26.9. The van der Waals surface area contributed by atoms with Crippen LogP contribution in [0.1, 0.15) is 35.3 Å². The molecule has 6 nitrogen and oxygen atoms in total. The van der Waals surface area contributed by atoms with E-state index in [4.69, 9.17) is 14.2 Å². The third-order valence-corrected chi connectivity index (χ3v) is 7.19. The van der Waals surface area contributed by atoms with Crippen LogP contribution in [0.4, 0.5) is 11.4 Å². The van der Waals surface area contributed by atoms with Crippen LogP contribution in [0.5, 0.6) is 17.2 Å². The molecule has 6 rings (SSSR count). The first-order valence-corrected chi connectivity index (χ1v) is 12.9. The standard InChI is InChI=1S/C33H30N2O4/c1-33(2)19-28-31-25(20-35(28)27-12-8-9-13-29(27)37-3)23(16-17-26(31)34-33)24-15-14-22(18-30(24)38-4)39-32(36)21-10-6-5-7-11-21/h5-19,34H,20H2,1-4H3. The topological polar surface area (TPSA) is 60.0 Å². The average Bonchev–Trinajstić information content (AvgIpc) is 3.32. The molecule has 2 heterocycles. The molecule has 196 valence electrons. The second-order valence-corrected chi connectivity index (χ2v) is 10.3. The van der Waals surface area contributed by atoms with E-state index >= 15 is 0 Å². The van der Waals surface area contributed by atoms with Crippen molar-refractivity contribution in [2.45, 2.75) is 25.9 Å². The predicted octanol–water partition coefficient (Wildman–Crippen LogP) is 7.16. The van der Waals surface area contributed by atoms with Crippen LogP contribution in [-0.2, 0) is 6.54 Å². The Morgan fingerprint density at radius 2 is 1.56 bits per heavy atom. The van der Waals surface area contributed by atoms with E-state index in [1.165, 1.54) is 11.1 Å². The fraction of sp³-hybridized carbons (Fsp3) is 0.182. The Morgan fingerprint density at radius 3 is 2.33 bits per heavy atom. The van der Waals surface area contributed by atoms with Gasteiger partial charge in [0.1, 0.15) is 17.2 Å². The SMILES string of the molecule is COc1cc(OC(=O)c2ccccc2)ccc1-c1ccc2c3c1CN(c1ccccc1OC)C3=CC(C)(C)N2. The molecule has 0 saturated carbocycles. The van der Waals surface area contributed by atoms with Gasteiger partial charge in [0.05, 0.1) is 31.0 Å². The first kappa shape index (κ1) is 24.6. The van der Waals surface area contributed by atoms with Crippen LogP contribution in [0.3, 0.4) is 0 Å². The maximum absolute atomic E-state index is 12.6. The Balaban J connectivity index is 1.42. The van der Waals surface area contributed by atoms with E-state index in [0.29, 0.717) is 23.6 Å². The zero-order valence-corrected chi connectivity index (χ0v) is 22.4. The van der Waals surface area contributed by atoms with E-state index in [1.807, 2.05) is 48.5 Å². The van der Waals surface area contributed by atoms with Crippen LogP contribution < -0.4 is 24.4 Å². The van der Waals surface area contributed by atoms with Crippen LogP contribution in [0.15, 0.2) is 91.0 Å². The maximum Gasteiger partial charge on any atom is 0.343 e. The molecule has 2 aliphatic heterocycles. The van der Waals surface area contributed by atoms with Crippen LogP contribution in [-0.4, -0.2) is 25.7 Å². The molecule has 1 N–H and O–H groups in total. The lowest BCUT2D eigenvalue weighted by Crippen LogP contribution is -2.33. The van der Waals surface area contributed by atoms with Gasteiger partial charge in [-0.05, 0) is 73.5 Å². The van der Waals surface area contributed by atoms with Crippen LogP contribution in [0, 0.1) is 0 Å². The first-order valence-electron chi connectivity index (χ1n) is 12.9. The number of benzene rings is 4. The Bertz CT molecular complexity index is 1610. The molecule has 2 aliphatic rings. The van der Waals surface area contributed by atoms with Crippen molar-refractivity contribution >= 4 is 23.0 Å².